The Morgan fingerprint density at radius 3 is 2.79 bits per heavy atom. The maximum absolute atomic E-state index is 11.5. The van der Waals surface area contributed by atoms with Crippen LogP contribution in [0, 0.1) is 0 Å². The van der Waals surface area contributed by atoms with Crippen molar-refractivity contribution in [3.63, 3.8) is 0 Å². The van der Waals surface area contributed by atoms with Crippen LogP contribution in [0.3, 0.4) is 0 Å². The average molecular weight is 219 g/mol. The number of thioether (sulfide) groups is 1. The summed E-state index contributed by atoms with van der Waals surface area (Å²) in [6.07, 6.45) is 0. The van der Waals surface area contributed by atoms with Crippen molar-refractivity contribution in [3.8, 4) is 0 Å². The minimum Gasteiger partial charge on any atom is -0.480 e. The van der Waals surface area contributed by atoms with Gasteiger partial charge >= 0.3 is 5.97 Å². The highest BCUT2D eigenvalue weighted by Gasteiger charge is 2.39. The summed E-state index contributed by atoms with van der Waals surface area (Å²) < 4.78 is 4.70. The lowest BCUT2D eigenvalue weighted by atomic mass is 10.3. The fourth-order valence-corrected chi connectivity index (χ4v) is 2.60. The molecule has 0 spiro atoms. The van der Waals surface area contributed by atoms with Crippen LogP contribution in [0.4, 0.5) is 0 Å². The highest BCUT2D eigenvalue weighted by atomic mass is 32.2. The highest BCUT2D eigenvalue weighted by molar-refractivity contribution is 8.00. The van der Waals surface area contributed by atoms with Gasteiger partial charge in [0.15, 0.2) is 0 Å². The lowest BCUT2D eigenvalue weighted by Gasteiger charge is -2.24. The number of hydrogen-bond donors (Lipinski definition) is 1. The standard InChI is InChI=1S/C8H13NO4S/c1-5-9(7(10)3-13-2)6(4-14-5)8(11)12/h5-6H,3-4H2,1-2H3,(H,11,12). The molecule has 1 saturated heterocycles. The molecule has 0 aromatic rings. The van der Waals surface area contributed by atoms with E-state index in [1.165, 1.54) is 23.8 Å². The molecule has 1 amide bonds. The number of ether oxygens (including phenoxy) is 1. The van der Waals surface area contributed by atoms with Gasteiger partial charge in [0.1, 0.15) is 12.6 Å². The van der Waals surface area contributed by atoms with Crippen molar-refractivity contribution in [1.29, 1.82) is 0 Å². The summed E-state index contributed by atoms with van der Waals surface area (Å²) >= 11 is 1.46. The van der Waals surface area contributed by atoms with E-state index in [1.54, 1.807) is 0 Å². The van der Waals surface area contributed by atoms with E-state index in [4.69, 9.17) is 9.84 Å². The number of amides is 1. The molecule has 1 rings (SSSR count). The number of rotatable bonds is 3. The van der Waals surface area contributed by atoms with Crippen LogP contribution in [0.2, 0.25) is 0 Å². The summed E-state index contributed by atoms with van der Waals surface area (Å²) in [7, 11) is 1.42. The predicted octanol–water partition coefficient (Wildman–Crippen LogP) is 0.00740. The average Bonchev–Trinajstić information content (AvgIpc) is 2.47. The second kappa shape index (κ2) is 4.65. The summed E-state index contributed by atoms with van der Waals surface area (Å²) in [6, 6.07) is -0.711. The minimum absolute atomic E-state index is 0.0608. The van der Waals surface area contributed by atoms with Crippen molar-refractivity contribution in [3.05, 3.63) is 0 Å². The van der Waals surface area contributed by atoms with E-state index in [0.29, 0.717) is 5.75 Å². The molecule has 0 radical (unpaired) electrons. The third-order valence-corrected chi connectivity index (χ3v) is 3.28. The van der Waals surface area contributed by atoms with Gasteiger partial charge in [0.2, 0.25) is 5.91 Å². The predicted molar refractivity (Wildman–Crippen MR) is 52.1 cm³/mol. The molecule has 5 nitrogen and oxygen atoms in total. The number of carbonyl (C=O) groups is 2. The molecule has 2 atom stereocenters. The van der Waals surface area contributed by atoms with Crippen molar-refractivity contribution in [2.75, 3.05) is 19.5 Å². The molecule has 1 N–H and O–H groups in total. The van der Waals surface area contributed by atoms with Crippen LogP contribution in [-0.4, -0.2) is 52.8 Å². The lowest BCUT2D eigenvalue weighted by molar-refractivity contribution is -0.150. The van der Waals surface area contributed by atoms with Crippen LogP contribution in [0.1, 0.15) is 6.92 Å². The number of methoxy groups -OCH3 is 1. The van der Waals surface area contributed by atoms with Gasteiger partial charge in [-0.25, -0.2) is 4.79 Å². The van der Waals surface area contributed by atoms with Gasteiger partial charge in [-0.3, -0.25) is 4.79 Å². The number of nitrogens with zero attached hydrogens (tertiary/aromatic N) is 1. The zero-order valence-electron chi connectivity index (χ0n) is 8.10. The van der Waals surface area contributed by atoms with Gasteiger partial charge in [-0.05, 0) is 6.92 Å². The molecule has 0 aliphatic carbocycles. The van der Waals surface area contributed by atoms with Crippen LogP contribution in [0.25, 0.3) is 0 Å². The van der Waals surface area contributed by atoms with Crippen molar-refractivity contribution < 1.29 is 19.4 Å². The highest BCUT2D eigenvalue weighted by Crippen LogP contribution is 2.28. The molecular weight excluding hydrogens is 206 g/mol. The second-order valence-electron chi connectivity index (χ2n) is 3.02. The summed E-state index contributed by atoms with van der Waals surface area (Å²) in [5, 5.41) is 8.79. The normalized spacial score (nSPS) is 26.6. The Kier molecular flexibility index (Phi) is 3.77. The smallest absolute Gasteiger partial charge is 0.327 e. The Balaban J connectivity index is 2.71. The first-order valence-electron chi connectivity index (χ1n) is 4.22. The summed E-state index contributed by atoms with van der Waals surface area (Å²) in [5.74, 6) is -0.768. The summed E-state index contributed by atoms with van der Waals surface area (Å²) in [4.78, 5) is 23.7. The van der Waals surface area contributed by atoms with E-state index in [-0.39, 0.29) is 17.9 Å². The van der Waals surface area contributed by atoms with E-state index in [1.807, 2.05) is 6.92 Å². The largest absolute Gasteiger partial charge is 0.480 e. The van der Waals surface area contributed by atoms with Gasteiger partial charge < -0.3 is 14.7 Å². The first kappa shape index (κ1) is 11.3. The van der Waals surface area contributed by atoms with Gasteiger partial charge in [-0.15, -0.1) is 11.8 Å². The number of hydrogen-bond acceptors (Lipinski definition) is 4. The first-order chi connectivity index (χ1) is 6.57. The van der Waals surface area contributed by atoms with Crippen LogP contribution in [0.15, 0.2) is 0 Å². The van der Waals surface area contributed by atoms with Crippen LogP contribution in [-0.2, 0) is 14.3 Å². The Hall–Kier alpha value is -0.750. The number of carboxylic acids is 1. The topological polar surface area (TPSA) is 66.8 Å². The molecule has 6 heteroatoms. The SMILES string of the molecule is COCC(=O)N1C(C)SCC1C(=O)O. The van der Waals surface area contributed by atoms with Gasteiger partial charge in [-0.2, -0.15) is 0 Å². The van der Waals surface area contributed by atoms with Crippen LogP contribution in [0.5, 0.6) is 0 Å². The Bertz CT molecular complexity index is 245. The molecule has 0 aromatic heterocycles. The van der Waals surface area contributed by atoms with Crippen molar-refractivity contribution in [1.82, 2.24) is 4.90 Å². The summed E-state index contributed by atoms with van der Waals surface area (Å²) in [5.41, 5.74) is 0. The van der Waals surface area contributed by atoms with Crippen molar-refractivity contribution >= 4 is 23.6 Å². The fourth-order valence-electron chi connectivity index (χ4n) is 1.41. The quantitative estimate of drug-likeness (QED) is 0.724. The first-order valence-corrected chi connectivity index (χ1v) is 5.27. The van der Waals surface area contributed by atoms with Crippen LogP contribution >= 0.6 is 11.8 Å². The van der Waals surface area contributed by atoms with Crippen molar-refractivity contribution in [2.24, 2.45) is 0 Å². The second-order valence-corrected chi connectivity index (χ2v) is 4.37. The molecule has 80 valence electrons. The van der Waals surface area contributed by atoms with Crippen molar-refractivity contribution in [2.45, 2.75) is 18.3 Å². The Morgan fingerprint density at radius 2 is 2.29 bits per heavy atom. The molecule has 0 saturated carbocycles. The van der Waals surface area contributed by atoms with Gasteiger partial charge in [-0.1, -0.05) is 0 Å². The molecule has 0 bridgehead atoms. The molecule has 2 unspecified atom stereocenters. The zero-order chi connectivity index (χ0) is 10.7. The van der Waals surface area contributed by atoms with E-state index in [0.717, 1.165) is 0 Å². The molecule has 1 aliphatic heterocycles. The number of aliphatic carboxylic acids is 1. The van der Waals surface area contributed by atoms with E-state index >= 15 is 0 Å². The van der Waals surface area contributed by atoms with E-state index in [9.17, 15) is 9.59 Å². The third-order valence-electron chi connectivity index (χ3n) is 2.06. The molecule has 14 heavy (non-hydrogen) atoms. The molecular formula is C8H13NO4S. The Morgan fingerprint density at radius 1 is 1.64 bits per heavy atom. The zero-order valence-corrected chi connectivity index (χ0v) is 8.91. The van der Waals surface area contributed by atoms with E-state index < -0.39 is 12.0 Å². The van der Waals surface area contributed by atoms with E-state index in [2.05, 4.69) is 0 Å². The minimum atomic E-state index is -0.952. The molecule has 1 heterocycles. The maximum atomic E-state index is 11.5. The van der Waals surface area contributed by atoms with Gasteiger partial charge in [0, 0.05) is 12.9 Å². The monoisotopic (exact) mass is 219 g/mol. The fraction of sp³-hybridized carbons (Fsp3) is 0.750. The number of carboxylic acid groups (broad SMARTS) is 1. The maximum Gasteiger partial charge on any atom is 0.327 e. The van der Waals surface area contributed by atoms with Gasteiger partial charge in [0.05, 0.1) is 5.37 Å². The lowest BCUT2D eigenvalue weighted by Crippen LogP contribution is -2.46. The van der Waals surface area contributed by atoms with Crippen LogP contribution < -0.4 is 0 Å². The molecule has 1 aliphatic rings. The van der Waals surface area contributed by atoms with Gasteiger partial charge in [0.25, 0.3) is 0 Å². The Labute approximate surface area is 86.4 Å². The molecule has 1 fully saturated rings. The summed E-state index contributed by atoms with van der Waals surface area (Å²) in [6.45, 7) is 1.76. The number of carbonyl (C=O) groups excluding carboxylic acids is 1. The third kappa shape index (κ3) is 2.19. The molecule has 0 aromatic carbocycles.